The minimum Gasteiger partial charge on any atom is -0.455 e. The molecule has 6 atom stereocenters. The van der Waals surface area contributed by atoms with E-state index in [2.05, 4.69) is 25.5 Å². The quantitative estimate of drug-likeness (QED) is 0.177. The van der Waals surface area contributed by atoms with Gasteiger partial charge < -0.3 is 20.3 Å². The number of carbonyl (C=O) groups excluding carboxylic acids is 4. The van der Waals surface area contributed by atoms with Crippen LogP contribution in [-0.4, -0.2) is 81.7 Å². The maximum Gasteiger partial charge on any atom is 0.303 e. The Balaban J connectivity index is 1.52. The van der Waals surface area contributed by atoms with Gasteiger partial charge in [0, 0.05) is 43.4 Å². The molecule has 1 aliphatic rings. The van der Waals surface area contributed by atoms with Crippen LogP contribution in [0.25, 0.3) is 0 Å². The van der Waals surface area contributed by atoms with Crippen molar-refractivity contribution in [3.63, 3.8) is 0 Å². The summed E-state index contributed by atoms with van der Waals surface area (Å²) in [6.45, 7) is 12.1. The van der Waals surface area contributed by atoms with Gasteiger partial charge in [0.15, 0.2) is 6.10 Å². The van der Waals surface area contributed by atoms with Gasteiger partial charge in [0.2, 0.25) is 11.8 Å². The van der Waals surface area contributed by atoms with Gasteiger partial charge in [-0.3, -0.25) is 24.1 Å². The molecular formula is C37H52N6O5S2. The number of hydrogen-bond acceptors (Lipinski definition) is 10. The largest absolute Gasteiger partial charge is 0.455 e. The van der Waals surface area contributed by atoms with Crippen LogP contribution in [0.5, 0.6) is 0 Å². The minimum atomic E-state index is -0.788. The summed E-state index contributed by atoms with van der Waals surface area (Å²) in [5, 5.41) is 11.0. The van der Waals surface area contributed by atoms with E-state index in [0.29, 0.717) is 17.8 Å². The smallest absolute Gasteiger partial charge is 0.303 e. The van der Waals surface area contributed by atoms with Crippen LogP contribution in [-0.2, 0) is 25.5 Å². The maximum absolute atomic E-state index is 14.2. The number of carbonyl (C=O) groups is 4. The zero-order valence-corrected chi connectivity index (χ0v) is 32.1. The Labute approximate surface area is 304 Å². The number of amides is 3. The predicted octanol–water partition coefficient (Wildman–Crippen LogP) is 5.81. The van der Waals surface area contributed by atoms with Crippen LogP contribution >= 0.6 is 22.7 Å². The molecule has 2 aromatic heterocycles. The molecule has 272 valence electrons. The fraction of sp³-hybridized carbons (Fsp3) is 0.568. The molecule has 1 aliphatic heterocycles. The summed E-state index contributed by atoms with van der Waals surface area (Å²) in [5.74, 6) is -1.30. The van der Waals surface area contributed by atoms with Crippen LogP contribution in [0.4, 0.5) is 0 Å². The molecule has 2 N–H and O–H groups in total. The van der Waals surface area contributed by atoms with Gasteiger partial charge in [-0.05, 0) is 57.2 Å². The molecule has 50 heavy (non-hydrogen) atoms. The summed E-state index contributed by atoms with van der Waals surface area (Å²) < 4.78 is 5.80. The highest BCUT2D eigenvalue weighted by Gasteiger charge is 2.44. The number of nitrogens with one attached hydrogen (secondary N) is 2. The minimum absolute atomic E-state index is 0.0199. The van der Waals surface area contributed by atoms with Crippen LogP contribution in [0.15, 0.2) is 47.3 Å². The van der Waals surface area contributed by atoms with Crippen LogP contribution < -0.4 is 10.6 Å². The summed E-state index contributed by atoms with van der Waals surface area (Å²) in [6.07, 6.45) is 4.13. The Bertz CT molecular complexity index is 1580. The second-order valence-electron chi connectivity index (χ2n) is 13.9. The number of benzene rings is 1. The molecule has 1 saturated heterocycles. The second kappa shape index (κ2) is 17.5. The van der Waals surface area contributed by atoms with Crippen molar-refractivity contribution < 1.29 is 23.9 Å². The zero-order valence-electron chi connectivity index (χ0n) is 30.5. The first-order chi connectivity index (χ1) is 23.7. The summed E-state index contributed by atoms with van der Waals surface area (Å²) in [7, 11) is 3.69. The van der Waals surface area contributed by atoms with E-state index >= 15 is 0 Å². The van der Waals surface area contributed by atoms with Gasteiger partial charge >= 0.3 is 5.97 Å². The molecule has 3 heterocycles. The molecule has 0 radical (unpaired) electrons. The van der Waals surface area contributed by atoms with E-state index in [1.54, 1.807) is 23.5 Å². The number of likely N-dealkylation sites (N-methyl/N-ethyl adjacent to an activating group) is 2. The van der Waals surface area contributed by atoms with Crippen LogP contribution in [0, 0.1) is 11.8 Å². The number of rotatable bonds is 16. The standard InChI is InChI=1S/C37H52N6O5S2/c1-9-24(4)31(41-36(47)37(6)16-13-18-42(37)7)35(46)43(8)29(23(2)3)21-30(48-25(5)44)34-40-28(22-50-34)32(45)39-27(33-38-17-19-49-33)20-26-14-11-10-12-15-26/h10-12,14-15,17,19,22-24,27,29-31H,9,13,16,18,20-21H2,1-8H3,(H,39,45)(H,41,47)/t24-,27-,29+,30+,31-,37+/m0/s1. The number of thiazole rings is 2. The lowest BCUT2D eigenvalue weighted by Gasteiger charge is -2.38. The Morgan fingerprint density at radius 3 is 2.38 bits per heavy atom. The predicted molar refractivity (Wildman–Crippen MR) is 197 cm³/mol. The third kappa shape index (κ3) is 9.55. The van der Waals surface area contributed by atoms with Gasteiger partial charge in [-0.1, -0.05) is 64.4 Å². The van der Waals surface area contributed by atoms with Crippen molar-refractivity contribution in [3.8, 4) is 0 Å². The molecule has 0 spiro atoms. The molecule has 0 saturated carbocycles. The van der Waals surface area contributed by atoms with Crippen molar-refractivity contribution in [3.05, 3.63) is 68.6 Å². The molecule has 0 aliphatic carbocycles. The van der Waals surface area contributed by atoms with Gasteiger partial charge in [-0.2, -0.15) is 0 Å². The lowest BCUT2D eigenvalue weighted by atomic mass is 9.91. The summed E-state index contributed by atoms with van der Waals surface area (Å²) >= 11 is 2.71. The van der Waals surface area contributed by atoms with Crippen molar-refractivity contribution in [1.82, 2.24) is 30.4 Å². The summed E-state index contributed by atoms with van der Waals surface area (Å²) in [5.41, 5.74) is 0.613. The van der Waals surface area contributed by atoms with Crippen molar-refractivity contribution in [2.45, 2.75) is 103 Å². The Kier molecular flexibility index (Phi) is 13.7. The first-order valence-corrected chi connectivity index (χ1v) is 19.2. The van der Waals surface area contributed by atoms with Crippen molar-refractivity contribution in [2.24, 2.45) is 11.8 Å². The molecule has 3 amide bonds. The molecule has 0 unspecified atom stereocenters. The van der Waals surface area contributed by atoms with Crippen LogP contribution in [0.2, 0.25) is 0 Å². The highest BCUT2D eigenvalue weighted by molar-refractivity contribution is 7.10. The number of nitrogens with zero attached hydrogens (tertiary/aromatic N) is 4. The third-order valence-electron chi connectivity index (χ3n) is 10.0. The van der Waals surface area contributed by atoms with Gasteiger partial charge in [-0.25, -0.2) is 9.97 Å². The molecule has 11 nitrogen and oxygen atoms in total. The average Bonchev–Trinajstić information content (AvgIpc) is 3.87. The van der Waals surface area contributed by atoms with E-state index in [9.17, 15) is 19.2 Å². The molecular weight excluding hydrogens is 673 g/mol. The van der Waals surface area contributed by atoms with Gasteiger partial charge in [0.05, 0.1) is 11.6 Å². The monoisotopic (exact) mass is 724 g/mol. The van der Waals surface area contributed by atoms with Gasteiger partial charge in [0.1, 0.15) is 21.8 Å². The lowest BCUT2D eigenvalue weighted by Crippen LogP contribution is -2.60. The van der Waals surface area contributed by atoms with Crippen molar-refractivity contribution in [2.75, 3.05) is 20.6 Å². The van der Waals surface area contributed by atoms with E-state index in [-0.39, 0.29) is 53.8 Å². The fourth-order valence-electron chi connectivity index (χ4n) is 6.47. The topological polar surface area (TPSA) is 134 Å². The van der Waals surface area contributed by atoms with Crippen molar-refractivity contribution >= 4 is 46.4 Å². The second-order valence-corrected chi connectivity index (χ2v) is 15.7. The zero-order chi connectivity index (χ0) is 36.6. The van der Waals surface area contributed by atoms with E-state index in [1.807, 2.05) is 77.4 Å². The number of aromatic nitrogens is 2. The van der Waals surface area contributed by atoms with Crippen molar-refractivity contribution in [1.29, 1.82) is 0 Å². The average molecular weight is 725 g/mol. The SMILES string of the molecule is CC[C@H](C)[C@H](NC(=O)[C@@]1(C)CCCN1C)C(=O)N(C)[C@H](C[C@@H](OC(C)=O)c1nc(C(=O)N[C@@H](Cc2ccccc2)c2nccs2)cs1)C(C)C. The maximum atomic E-state index is 14.2. The number of hydrogen-bond donors (Lipinski definition) is 2. The lowest BCUT2D eigenvalue weighted by molar-refractivity contribution is -0.149. The number of likely N-dealkylation sites (tertiary alicyclic amines) is 1. The molecule has 1 fully saturated rings. The molecule has 0 bridgehead atoms. The van der Waals surface area contributed by atoms with E-state index < -0.39 is 23.7 Å². The van der Waals surface area contributed by atoms with Gasteiger partial charge in [-0.15, -0.1) is 22.7 Å². The van der Waals surface area contributed by atoms with E-state index in [1.165, 1.54) is 29.6 Å². The Hall–Kier alpha value is -3.68. The van der Waals surface area contributed by atoms with Gasteiger partial charge in [0.25, 0.3) is 5.91 Å². The first kappa shape index (κ1) is 39.1. The molecule has 3 aromatic rings. The molecule has 1 aromatic carbocycles. The van der Waals surface area contributed by atoms with Crippen LogP contribution in [0.1, 0.15) is 105 Å². The highest BCUT2D eigenvalue weighted by Crippen LogP contribution is 2.32. The van der Waals surface area contributed by atoms with Crippen LogP contribution in [0.3, 0.4) is 0 Å². The summed E-state index contributed by atoms with van der Waals surface area (Å²) in [6, 6.07) is 8.48. The van der Waals surface area contributed by atoms with E-state index in [0.717, 1.165) is 30.0 Å². The molecule has 13 heteroatoms. The molecule has 4 rings (SSSR count). The number of ether oxygens (including phenoxy) is 1. The third-order valence-corrected chi connectivity index (χ3v) is 11.8. The normalized spacial score (nSPS) is 19.3. The Morgan fingerprint density at radius 1 is 1.08 bits per heavy atom. The first-order valence-electron chi connectivity index (χ1n) is 17.4. The van der Waals surface area contributed by atoms with E-state index in [4.69, 9.17) is 4.74 Å². The summed E-state index contributed by atoms with van der Waals surface area (Å²) in [4.78, 5) is 66.5. The fourth-order valence-corrected chi connectivity index (χ4v) is 8.00. The Morgan fingerprint density at radius 2 is 1.80 bits per heavy atom. The highest BCUT2D eigenvalue weighted by atomic mass is 32.1. The number of esters is 1.